The van der Waals surface area contributed by atoms with Crippen molar-refractivity contribution in [2.75, 3.05) is 98.2 Å². The molecule has 0 spiro atoms. The molecule has 13 heteroatoms. The van der Waals surface area contributed by atoms with E-state index >= 15 is 0 Å². The fourth-order valence-electron chi connectivity index (χ4n) is 6.96. The van der Waals surface area contributed by atoms with Gasteiger partial charge in [-0.1, -0.05) is 24.3 Å². The minimum absolute atomic E-state index is 0.120. The topological polar surface area (TPSA) is 158 Å². The maximum atomic E-state index is 13.8. The van der Waals surface area contributed by atoms with Crippen molar-refractivity contribution < 1.29 is 9.59 Å². The van der Waals surface area contributed by atoms with Gasteiger partial charge in [-0.15, -0.1) is 0 Å². The number of carbonyl (C=O) groups excluding carboxylic acids is 2. The number of hydrogen-bond acceptors (Lipinski definition) is 9. The Balaban J connectivity index is 1.07. The lowest BCUT2D eigenvalue weighted by Crippen LogP contribution is -2.31. The van der Waals surface area contributed by atoms with E-state index in [0.717, 1.165) is 25.9 Å². The second kappa shape index (κ2) is 18.2. The zero-order chi connectivity index (χ0) is 39.8. The molecular weight excluding hydrogens is 707 g/mol. The first-order valence-electron chi connectivity index (χ1n) is 19.2. The van der Waals surface area contributed by atoms with Gasteiger partial charge < -0.3 is 45.9 Å². The molecule has 6 aromatic rings. The van der Waals surface area contributed by atoms with E-state index in [0.29, 0.717) is 105 Å². The highest BCUT2D eigenvalue weighted by Gasteiger charge is 2.19. The van der Waals surface area contributed by atoms with E-state index < -0.39 is 0 Å². The van der Waals surface area contributed by atoms with Gasteiger partial charge in [-0.3, -0.25) is 19.2 Å². The molecule has 0 unspecified atom stereocenters. The number of carbonyl (C=O) groups is 2. The molecule has 4 aromatic carbocycles. The number of benzene rings is 4. The van der Waals surface area contributed by atoms with E-state index in [1.165, 1.54) is 0 Å². The highest BCUT2D eigenvalue weighted by Crippen LogP contribution is 2.27. The van der Waals surface area contributed by atoms with E-state index in [9.17, 15) is 19.2 Å². The average molecular weight is 760 g/mol. The summed E-state index contributed by atoms with van der Waals surface area (Å²) in [5.41, 5.74) is 4.42. The molecule has 13 nitrogen and oxygen atoms in total. The summed E-state index contributed by atoms with van der Waals surface area (Å²) in [6.07, 6.45) is 1.66. The van der Waals surface area contributed by atoms with E-state index in [1.807, 2.05) is 86.5 Å². The molecule has 0 aliphatic heterocycles. The van der Waals surface area contributed by atoms with Gasteiger partial charge in [0.1, 0.15) is 0 Å². The third-order valence-electron chi connectivity index (χ3n) is 9.97. The summed E-state index contributed by atoms with van der Waals surface area (Å²) in [6, 6.07) is 21.9. The molecule has 0 saturated heterocycles. The first kappa shape index (κ1) is 39.9. The number of nitrogens with one attached hydrogen (secondary N) is 6. The van der Waals surface area contributed by atoms with Crippen LogP contribution in [0, 0.1) is 0 Å². The Morgan fingerprint density at radius 1 is 0.536 bits per heavy atom. The van der Waals surface area contributed by atoms with Crippen LogP contribution in [-0.4, -0.2) is 124 Å². The van der Waals surface area contributed by atoms with Crippen LogP contribution in [0.25, 0.3) is 43.6 Å². The Labute approximate surface area is 326 Å². The van der Waals surface area contributed by atoms with Gasteiger partial charge in [0.05, 0.1) is 32.9 Å². The first-order valence-corrected chi connectivity index (χ1v) is 19.2. The molecule has 2 amide bonds. The number of pyridine rings is 2. The largest absolute Gasteiger partial charge is 0.384 e. The molecule has 0 aliphatic carbocycles. The lowest BCUT2D eigenvalue weighted by molar-refractivity contribution is 0.0944. The number of aromatic nitrogens is 2. The molecule has 2 heterocycles. The molecular formula is C43H53N9O4. The number of hydrogen-bond donors (Lipinski definition) is 6. The number of fused-ring (bicyclic) bond motifs is 4. The van der Waals surface area contributed by atoms with Crippen molar-refractivity contribution >= 4 is 66.8 Å². The summed E-state index contributed by atoms with van der Waals surface area (Å²) < 4.78 is 0. The number of para-hydroxylation sites is 2. The first-order chi connectivity index (χ1) is 27.0. The highest BCUT2D eigenvalue weighted by atomic mass is 16.2. The SMILES string of the molecule is CN(C)CCNC(=O)c1ccc(NCCCN(C)CCCNc2ccc(C(=O)NCCN(C)C)c3[nH]c4ccccc4c(=O)c23)c2c(=O)c3ccccc3[nH]c12. The van der Waals surface area contributed by atoms with Crippen LogP contribution >= 0.6 is 0 Å². The number of likely N-dealkylation sites (N-methyl/N-ethyl adjacent to an activating group) is 2. The van der Waals surface area contributed by atoms with Crippen molar-refractivity contribution in [2.45, 2.75) is 12.8 Å². The Morgan fingerprint density at radius 3 is 1.36 bits per heavy atom. The lowest BCUT2D eigenvalue weighted by atomic mass is 10.0. The summed E-state index contributed by atoms with van der Waals surface area (Å²) in [4.78, 5) is 67.0. The standard InChI is InChI=1S/C43H53N9O4/c1-50(2)26-22-46-42(55)30-16-18-34(36-38(30)48-32-14-8-6-12-28(32)40(36)53)44-20-10-24-52(5)25-11-21-45-35-19-17-31(43(56)47-23-27-51(3)4)39-37(35)41(54)29-13-7-9-15-33(29)49-39/h6-9,12-19,44-45H,10-11,20-27H2,1-5H3,(H,46,55)(H,47,56)(H,48,53)(H,49,54). The van der Waals surface area contributed by atoms with Gasteiger partial charge in [-0.05, 0) is 110 Å². The Hall–Kier alpha value is -5.76. The van der Waals surface area contributed by atoms with Crippen LogP contribution in [0.4, 0.5) is 11.4 Å². The molecule has 56 heavy (non-hydrogen) atoms. The molecule has 6 rings (SSSR count). The van der Waals surface area contributed by atoms with Gasteiger partial charge in [0.25, 0.3) is 11.8 Å². The van der Waals surface area contributed by atoms with E-state index in [-0.39, 0.29) is 22.7 Å². The summed E-state index contributed by atoms with van der Waals surface area (Å²) in [5, 5.41) is 15.0. The minimum Gasteiger partial charge on any atom is -0.384 e. The summed E-state index contributed by atoms with van der Waals surface area (Å²) in [7, 11) is 9.88. The summed E-state index contributed by atoms with van der Waals surface area (Å²) >= 11 is 0. The molecule has 0 fully saturated rings. The lowest BCUT2D eigenvalue weighted by Gasteiger charge is -2.18. The van der Waals surface area contributed by atoms with E-state index in [1.54, 1.807) is 24.3 Å². The van der Waals surface area contributed by atoms with Crippen LogP contribution in [0.3, 0.4) is 0 Å². The van der Waals surface area contributed by atoms with Crippen molar-refractivity contribution in [1.29, 1.82) is 0 Å². The average Bonchev–Trinajstić information content (AvgIpc) is 3.17. The zero-order valence-electron chi connectivity index (χ0n) is 33.0. The van der Waals surface area contributed by atoms with Crippen LogP contribution in [0.2, 0.25) is 0 Å². The second-order valence-electron chi connectivity index (χ2n) is 14.8. The van der Waals surface area contributed by atoms with Crippen molar-refractivity contribution in [1.82, 2.24) is 35.3 Å². The molecule has 0 saturated carbocycles. The molecule has 0 atom stereocenters. The predicted molar refractivity (Wildman–Crippen MR) is 230 cm³/mol. The Morgan fingerprint density at radius 2 is 0.946 bits per heavy atom. The quantitative estimate of drug-likeness (QED) is 0.0549. The van der Waals surface area contributed by atoms with Crippen LogP contribution in [0.15, 0.2) is 82.4 Å². The second-order valence-corrected chi connectivity index (χ2v) is 14.8. The number of nitrogens with zero attached hydrogens (tertiary/aromatic N) is 3. The van der Waals surface area contributed by atoms with Crippen LogP contribution in [0.1, 0.15) is 33.6 Å². The van der Waals surface area contributed by atoms with Crippen molar-refractivity contribution in [3.8, 4) is 0 Å². The van der Waals surface area contributed by atoms with Crippen LogP contribution in [0.5, 0.6) is 0 Å². The zero-order valence-corrected chi connectivity index (χ0v) is 33.0. The normalized spacial score (nSPS) is 11.7. The molecule has 6 N–H and O–H groups in total. The molecule has 2 aromatic heterocycles. The number of aromatic amines is 2. The van der Waals surface area contributed by atoms with Gasteiger partial charge in [0.15, 0.2) is 10.9 Å². The van der Waals surface area contributed by atoms with Crippen molar-refractivity contribution in [2.24, 2.45) is 0 Å². The minimum atomic E-state index is -0.227. The third-order valence-corrected chi connectivity index (χ3v) is 9.97. The fourth-order valence-corrected chi connectivity index (χ4v) is 6.96. The molecule has 0 aliphatic rings. The number of anilines is 2. The monoisotopic (exact) mass is 759 g/mol. The maximum Gasteiger partial charge on any atom is 0.253 e. The Bertz CT molecular complexity index is 2300. The van der Waals surface area contributed by atoms with Gasteiger partial charge >= 0.3 is 0 Å². The number of H-pyrrole nitrogens is 2. The molecule has 0 bridgehead atoms. The van der Waals surface area contributed by atoms with Crippen LogP contribution < -0.4 is 32.1 Å². The third kappa shape index (κ3) is 9.19. The molecule has 0 radical (unpaired) electrons. The summed E-state index contributed by atoms with van der Waals surface area (Å²) in [5.74, 6) is -0.455. The van der Waals surface area contributed by atoms with Gasteiger partial charge in [-0.2, -0.15) is 0 Å². The smallest absolute Gasteiger partial charge is 0.253 e. The number of rotatable bonds is 18. The Kier molecular flexibility index (Phi) is 13.0. The predicted octanol–water partition coefficient (Wildman–Crippen LogP) is 4.49. The van der Waals surface area contributed by atoms with E-state index in [4.69, 9.17) is 0 Å². The molecule has 294 valence electrons. The number of amides is 2. The van der Waals surface area contributed by atoms with Crippen molar-refractivity contribution in [3.05, 3.63) is 104 Å². The van der Waals surface area contributed by atoms with Gasteiger partial charge in [0.2, 0.25) is 0 Å². The fraction of sp³-hybridized carbons (Fsp3) is 0.349. The van der Waals surface area contributed by atoms with Gasteiger partial charge in [-0.25, -0.2) is 0 Å². The van der Waals surface area contributed by atoms with Crippen molar-refractivity contribution in [3.63, 3.8) is 0 Å². The van der Waals surface area contributed by atoms with E-state index in [2.05, 4.69) is 43.2 Å². The maximum absolute atomic E-state index is 13.8. The summed E-state index contributed by atoms with van der Waals surface area (Å²) in [6.45, 7) is 5.31. The van der Waals surface area contributed by atoms with Gasteiger partial charge in [0, 0.05) is 72.4 Å². The van der Waals surface area contributed by atoms with Crippen LogP contribution in [-0.2, 0) is 0 Å². The highest BCUT2D eigenvalue weighted by molar-refractivity contribution is 6.12.